The molecule has 0 aromatic heterocycles. The van der Waals surface area contributed by atoms with Crippen LogP contribution >= 0.6 is 0 Å². The van der Waals surface area contributed by atoms with E-state index in [0.717, 1.165) is 5.56 Å². The van der Waals surface area contributed by atoms with Gasteiger partial charge in [-0.05, 0) is 31.5 Å². The molecule has 0 heterocycles. The maximum Gasteiger partial charge on any atom is 0.315 e. The highest BCUT2D eigenvalue weighted by Crippen LogP contribution is 2.26. The lowest BCUT2D eigenvalue weighted by Gasteiger charge is -2.10. The fourth-order valence-corrected chi connectivity index (χ4v) is 1.84. The Morgan fingerprint density at radius 1 is 1.00 bits per heavy atom. The van der Waals surface area contributed by atoms with E-state index in [9.17, 15) is 4.79 Å². The number of ether oxygens (including phenoxy) is 2. The van der Waals surface area contributed by atoms with Crippen LogP contribution in [0.2, 0.25) is 0 Å². The molecule has 0 N–H and O–H groups in total. The highest BCUT2D eigenvalue weighted by atomic mass is 16.6. The molecule has 0 amide bonds. The molecule has 0 saturated carbocycles. The zero-order valence-electron chi connectivity index (χ0n) is 11.8. The Kier molecular flexibility index (Phi) is 4.77. The Morgan fingerprint density at radius 3 is 2.30 bits per heavy atom. The Labute approximate surface area is 119 Å². The van der Waals surface area contributed by atoms with E-state index in [4.69, 9.17) is 9.47 Å². The number of benzene rings is 2. The van der Waals surface area contributed by atoms with Gasteiger partial charge in [0.25, 0.3) is 0 Å². The Hall–Kier alpha value is -2.29. The number of hydrogen-bond acceptors (Lipinski definition) is 3. The second-order valence-electron chi connectivity index (χ2n) is 4.52. The predicted octanol–water partition coefficient (Wildman–Crippen LogP) is 3.54. The molecule has 0 unspecified atom stereocenters. The third-order valence-electron chi connectivity index (χ3n) is 2.84. The van der Waals surface area contributed by atoms with Crippen LogP contribution < -0.4 is 9.47 Å². The van der Waals surface area contributed by atoms with Crippen LogP contribution in [0.3, 0.4) is 0 Å². The van der Waals surface area contributed by atoms with E-state index < -0.39 is 0 Å². The number of carbonyl (C=O) groups excluding carboxylic acids is 1. The molecule has 0 aliphatic heterocycles. The molecule has 2 aromatic rings. The van der Waals surface area contributed by atoms with Crippen LogP contribution in [0, 0.1) is 6.92 Å². The predicted molar refractivity (Wildman–Crippen MR) is 78.1 cm³/mol. The SMILES string of the molecule is CCOc1ccccc1OC(=O)Cc1ccc(C)cc1. The van der Waals surface area contributed by atoms with Gasteiger partial charge in [-0.15, -0.1) is 0 Å². The fraction of sp³-hybridized carbons (Fsp3) is 0.235. The van der Waals surface area contributed by atoms with Crippen LogP contribution in [0.15, 0.2) is 48.5 Å². The molecule has 0 aliphatic rings. The van der Waals surface area contributed by atoms with Gasteiger partial charge in [0.2, 0.25) is 0 Å². The van der Waals surface area contributed by atoms with E-state index in [1.165, 1.54) is 5.56 Å². The van der Waals surface area contributed by atoms with Gasteiger partial charge < -0.3 is 9.47 Å². The summed E-state index contributed by atoms with van der Waals surface area (Å²) in [6, 6.07) is 15.0. The van der Waals surface area contributed by atoms with Crippen molar-refractivity contribution in [2.45, 2.75) is 20.3 Å². The number of rotatable bonds is 5. The standard InChI is InChI=1S/C17H18O3/c1-3-19-15-6-4-5-7-16(15)20-17(18)12-14-10-8-13(2)9-11-14/h4-11H,3,12H2,1-2H3. The van der Waals surface area contributed by atoms with Gasteiger partial charge in [0, 0.05) is 0 Å². The van der Waals surface area contributed by atoms with Crippen molar-refractivity contribution in [1.29, 1.82) is 0 Å². The molecule has 0 spiro atoms. The molecule has 0 fully saturated rings. The summed E-state index contributed by atoms with van der Waals surface area (Å²) in [6.45, 7) is 4.44. The van der Waals surface area contributed by atoms with Crippen molar-refractivity contribution >= 4 is 5.97 Å². The molecule has 0 bridgehead atoms. The first-order valence-corrected chi connectivity index (χ1v) is 6.67. The average molecular weight is 270 g/mol. The van der Waals surface area contributed by atoms with E-state index in [-0.39, 0.29) is 12.4 Å². The average Bonchev–Trinajstić information content (AvgIpc) is 2.44. The summed E-state index contributed by atoms with van der Waals surface area (Å²) in [7, 11) is 0. The third kappa shape index (κ3) is 3.85. The lowest BCUT2D eigenvalue weighted by molar-refractivity contribution is -0.133. The first-order chi connectivity index (χ1) is 9.69. The fourth-order valence-electron chi connectivity index (χ4n) is 1.84. The summed E-state index contributed by atoms with van der Waals surface area (Å²) in [5.74, 6) is 0.764. The highest BCUT2D eigenvalue weighted by molar-refractivity contribution is 5.75. The van der Waals surface area contributed by atoms with Gasteiger partial charge >= 0.3 is 5.97 Å². The van der Waals surface area contributed by atoms with Crippen molar-refractivity contribution in [3.63, 3.8) is 0 Å². The van der Waals surface area contributed by atoms with Crippen LogP contribution in [0.1, 0.15) is 18.1 Å². The molecule has 0 saturated heterocycles. The number of hydrogen-bond donors (Lipinski definition) is 0. The van der Waals surface area contributed by atoms with Crippen LogP contribution in [0.5, 0.6) is 11.5 Å². The Morgan fingerprint density at radius 2 is 1.65 bits per heavy atom. The topological polar surface area (TPSA) is 35.5 Å². The van der Waals surface area contributed by atoms with Crippen LogP contribution in [-0.4, -0.2) is 12.6 Å². The van der Waals surface area contributed by atoms with Crippen molar-refractivity contribution in [3.05, 3.63) is 59.7 Å². The van der Waals surface area contributed by atoms with Crippen molar-refractivity contribution in [2.75, 3.05) is 6.61 Å². The molecule has 20 heavy (non-hydrogen) atoms. The van der Waals surface area contributed by atoms with Crippen molar-refractivity contribution in [1.82, 2.24) is 0 Å². The molecule has 0 atom stereocenters. The van der Waals surface area contributed by atoms with Gasteiger partial charge in [0.15, 0.2) is 11.5 Å². The van der Waals surface area contributed by atoms with Crippen molar-refractivity contribution in [3.8, 4) is 11.5 Å². The lowest BCUT2D eigenvalue weighted by atomic mass is 10.1. The lowest BCUT2D eigenvalue weighted by Crippen LogP contribution is -2.12. The van der Waals surface area contributed by atoms with E-state index in [1.54, 1.807) is 12.1 Å². The van der Waals surface area contributed by atoms with Gasteiger partial charge in [-0.1, -0.05) is 42.0 Å². The van der Waals surface area contributed by atoms with E-state index in [1.807, 2.05) is 50.2 Å². The zero-order chi connectivity index (χ0) is 14.4. The van der Waals surface area contributed by atoms with Crippen LogP contribution in [0.4, 0.5) is 0 Å². The number of carbonyl (C=O) groups is 1. The molecule has 104 valence electrons. The van der Waals surface area contributed by atoms with Gasteiger partial charge in [-0.3, -0.25) is 4.79 Å². The van der Waals surface area contributed by atoms with Gasteiger partial charge in [0.05, 0.1) is 13.0 Å². The molecule has 0 radical (unpaired) electrons. The summed E-state index contributed by atoms with van der Waals surface area (Å²) in [5.41, 5.74) is 2.11. The smallest absolute Gasteiger partial charge is 0.315 e. The molecular formula is C17H18O3. The second-order valence-corrected chi connectivity index (χ2v) is 4.52. The Bertz CT molecular complexity index is 573. The molecule has 3 nitrogen and oxygen atoms in total. The normalized spacial score (nSPS) is 10.1. The summed E-state index contributed by atoms with van der Waals surface area (Å²) in [6.07, 6.45) is 0.251. The second kappa shape index (κ2) is 6.75. The summed E-state index contributed by atoms with van der Waals surface area (Å²) < 4.78 is 10.8. The number of aryl methyl sites for hydroxylation is 1. The molecular weight excluding hydrogens is 252 g/mol. The molecule has 2 rings (SSSR count). The third-order valence-corrected chi connectivity index (χ3v) is 2.84. The van der Waals surface area contributed by atoms with E-state index in [0.29, 0.717) is 18.1 Å². The van der Waals surface area contributed by atoms with Gasteiger partial charge in [-0.2, -0.15) is 0 Å². The van der Waals surface area contributed by atoms with E-state index in [2.05, 4.69) is 0 Å². The van der Waals surface area contributed by atoms with Crippen LogP contribution in [0.25, 0.3) is 0 Å². The van der Waals surface area contributed by atoms with Gasteiger partial charge in [0.1, 0.15) is 0 Å². The summed E-state index contributed by atoms with van der Waals surface area (Å²) in [4.78, 5) is 11.9. The van der Waals surface area contributed by atoms with E-state index >= 15 is 0 Å². The maximum atomic E-state index is 11.9. The molecule has 3 heteroatoms. The van der Waals surface area contributed by atoms with Crippen LogP contribution in [-0.2, 0) is 11.2 Å². The summed E-state index contributed by atoms with van der Waals surface area (Å²) >= 11 is 0. The molecule has 0 aliphatic carbocycles. The quantitative estimate of drug-likeness (QED) is 0.615. The monoisotopic (exact) mass is 270 g/mol. The van der Waals surface area contributed by atoms with Gasteiger partial charge in [-0.25, -0.2) is 0 Å². The first-order valence-electron chi connectivity index (χ1n) is 6.67. The Balaban J connectivity index is 2.02. The maximum absolute atomic E-state index is 11.9. The number of esters is 1. The number of para-hydroxylation sites is 2. The largest absolute Gasteiger partial charge is 0.490 e. The summed E-state index contributed by atoms with van der Waals surface area (Å²) in [5, 5.41) is 0. The van der Waals surface area contributed by atoms with Crippen molar-refractivity contribution < 1.29 is 14.3 Å². The minimum absolute atomic E-state index is 0.251. The highest BCUT2D eigenvalue weighted by Gasteiger charge is 2.10. The molecule has 2 aromatic carbocycles. The zero-order valence-corrected chi connectivity index (χ0v) is 11.8. The minimum atomic E-state index is -0.291. The minimum Gasteiger partial charge on any atom is -0.490 e. The first kappa shape index (κ1) is 14.1. The van der Waals surface area contributed by atoms with Crippen molar-refractivity contribution in [2.24, 2.45) is 0 Å².